The van der Waals surface area contributed by atoms with E-state index in [9.17, 15) is 13.7 Å². The van der Waals surface area contributed by atoms with Crippen LogP contribution in [0.4, 0.5) is 0 Å². The Morgan fingerprint density at radius 2 is 1.78 bits per heavy atom. The molecule has 4 aromatic rings. The number of hydrogen-bond donors (Lipinski definition) is 0. The van der Waals surface area contributed by atoms with E-state index in [0.29, 0.717) is 34.2 Å². The van der Waals surface area contributed by atoms with E-state index in [0.717, 1.165) is 18.5 Å². The number of allylic oxidation sites excluding steroid dienone is 1. The minimum absolute atomic E-state index is 0.0476. The van der Waals surface area contributed by atoms with Crippen LogP contribution in [0, 0.1) is 11.3 Å². The van der Waals surface area contributed by atoms with Crippen LogP contribution < -0.4 is 4.74 Å². The van der Waals surface area contributed by atoms with Gasteiger partial charge in [0.1, 0.15) is 22.4 Å². The number of para-hydroxylation sites is 1. The lowest BCUT2D eigenvalue weighted by atomic mass is 10.1. The zero-order chi connectivity index (χ0) is 25.5. The number of nitrogens with zero attached hydrogens (tertiary/aromatic N) is 3. The van der Waals surface area contributed by atoms with Gasteiger partial charge in [-0.25, -0.2) is 13.1 Å². The number of ether oxygens (including phenoxy) is 1. The van der Waals surface area contributed by atoms with Gasteiger partial charge in [0.05, 0.1) is 22.2 Å². The molecule has 0 saturated heterocycles. The minimum Gasteiger partial charge on any atom is -0.492 e. The Morgan fingerprint density at radius 1 is 1.08 bits per heavy atom. The van der Waals surface area contributed by atoms with Crippen molar-refractivity contribution in [1.82, 2.24) is 9.78 Å². The Morgan fingerprint density at radius 3 is 2.42 bits per heavy atom. The Hall–Kier alpha value is -3.86. The molecule has 1 heterocycles. The lowest BCUT2D eigenvalue weighted by Crippen LogP contribution is -2.03. The molecule has 0 aliphatic rings. The molecule has 3 aromatic carbocycles. The van der Waals surface area contributed by atoms with Crippen molar-refractivity contribution >= 4 is 27.5 Å². The van der Waals surface area contributed by atoms with Gasteiger partial charge in [-0.1, -0.05) is 61.3 Å². The molecule has 4 rings (SSSR count). The van der Waals surface area contributed by atoms with Crippen LogP contribution in [0.3, 0.4) is 0 Å². The van der Waals surface area contributed by atoms with E-state index in [1.54, 1.807) is 41.2 Å². The molecule has 1 aromatic heterocycles. The summed E-state index contributed by atoms with van der Waals surface area (Å²) in [5, 5.41) is 14.9. The number of nitriles is 1. The molecule has 0 bridgehead atoms. The highest BCUT2D eigenvalue weighted by atomic mass is 35.5. The molecule has 182 valence electrons. The van der Waals surface area contributed by atoms with Gasteiger partial charge in [-0.2, -0.15) is 10.4 Å². The van der Waals surface area contributed by atoms with Gasteiger partial charge in [-0.3, -0.25) is 0 Å². The molecule has 36 heavy (non-hydrogen) atoms. The van der Waals surface area contributed by atoms with Crippen LogP contribution >= 0.6 is 11.6 Å². The normalized spacial score (nSPS) is 11.8. The molecular weight excluding hydrogens is 494 g/mol. The standard InChI is InChI=1S/C28H24ClN3O3S/c1-2-3-16-35-27-15-14-21(18-26(27)29)28-22(20-32(31-28)23-10-6-4-7-11-23)17-25(19-30)36(33,34)24-12-8-5-9-13-24/h4-15,17-18,20H,2-3,16H2,1H3/b25-17-. The summed E-state index contributed by atoms with van der Waals surface area (Å²) < 4.78 is 33.7. The molecular formula is C28H24ClN3O3S. The lowest BCUT2D eigenvalue weighted by Gasteiger charge is -2.09. The summed E-state index contributed by atoms with van der Waals surface area (Å²) in [5.74, 6) is 0.567. The van der Waals surface area contributed by atoms with Crippen molar-refractivity contribution in [2.75, 3.05) is 6.61 Å². The fraction of sp³-hybridized carbons (Fsp3) is 0.143. The molecule has 8 heteroatoms. The second-order valence-electron chi connectivity index (χ2n) is 8.00. The van der Waals surface area contributed by atoms with Crippen molar-refractivity contribution in [1.29, 1.82) is 5.26 Å². The van der Waals surface area contributed by atoms with Crippen LogP contribution in [0.5, 0.6) is 5.75 Å². The number of sulfone groups is 1. The van der Waals surface area contributed by atoms with E-state index in [-0.39, 0.29) is 9.80 Å². The highest BCUT2D eigenvalue weighted by Gasteiger charge is 2.22. The highest BCUT2D eigenvalue weighted by Crippen LogP contribution is 2.33. The zero-order valence-corrected chi connectivity index (χ0v) is 21.2. The number of unbranched alkanes of at least 4 members (excludes halogenated alkanes) is 1. The molecule has 0 amide bonds. The van der Waals surface area contributed by atoms with Gasteiger partial charge in [-0.15, -0.1) is 0 Å². The maximum Gasteiger partial charge on any atom is 0.216 e. The van der Waals surface area contributed by atoms with Gasteiger partial charge < -0.3 is 4.74 Å². The molecule has 0 aliphatic heterocycles. The van der Waals surface area contributed by atoms with E-state index in [2.05, 4.69) is 6.92 Å². The average Bonchev–Trinajstić information content (AvgIpc) is 3.33. The first-order valence-corrected chi connectivity index (χ1v) is 13.3. The molecule has 0 saturated carbocycles. The van der Waals surface area contributed by atoms with Crippen molar-refractivity contribution in [3.63, 3.8) is 0 Å². The number of aromatic nitrogens is 2. The smallest absolute Gasteiger partial charge is 0.216 e. The summed E-state index contributed by atoms with van der Waals surface area (Å²) in [7, 11) is -4.01. The van der Waals surface area contributed by atoms with E-state index in [4.69, 9.17) is 21.4 Å². The van der Waals surface area contributed by atoms with Crippen molar-refractivity contribution in [2.45, 2.75) is 24.7 Å². The Bertz CT molecular complexity index is 1520. The quantitative estimate of drug-likeness (QED) is 0.182. The second kappa shape index (κ2) is 11.3. The molecule has 0 aliphatic carbocycles. The Balaban J connectivity index is 1.82. The van der Waals surface area contributed by atoms with E-state index in [1.165, 1.54) is 18.2 Å². The SMILES string of the molecule is CCCCOc1ccc(-c2nn(-c3ccccc3)cc2/C=C(/C#N)S(=O)(=O)c2ccccc2)cc1Cl. The second-order valence-corrected chi connectivity index (χ2v) is 10.3. The highest BCUT2D eigenvalue weighted by molar-refractivity contribution is 7.95. The summed E-state index contributed by atoms with van der Waals surface area (Å²) >= 11 is 6.50. The summed E-state index contributed by atoms with van der Waals surface area (Å²) in [4.78, 5) is -0.334. The van der Waals surface area contributed by atoms with Crippen molar-refractivity contribution in [3.8, 4) is 28.8 Å². The first kappa shape index (κ1) is 25.2. The van der Waals surface area contributed by atoms with E-state index >= 15 is 0 Å². The van der Waals surface area contributed by atoms with Gasteiger partial charge >= 0.3 is 0 Å². The summed E-state index contributed by atoms with van der Waals surface area (Å²) in [5.41, 5.74) is 2.40. The minimum atomic E-state index is -4.01. The first-order valence-electron chi connectivity index (χ1n) is 11.4. The van der Waals surface area contributed by atoms with Gasteiger partial charge in [0, 0.05) is 17.3 Å². The van der Waals surface area contributed by atoms with E-state index < -0.39 is 9.84 Å². The number of benzene rings is 3. The lowest BCUT2D eigenvalue weighted by molar-refractivity contribution is 0.309. The molecule has 0 spiro atoms. The molecule has 0 atom stereocenters. The van der Waals surface area contributed by atoms with Crippen LogP contribution in [0.25, 0.3) is 23.0 Å². The average molecular weight is 518 g/mol. The maximum absolute atomic E-state index is 13.2. The van der Waals surface area contributed by atoms with Crippen molar-refractivity contribution < 1.29 is 13.2 Å². The zero-order valence-electron chi connectivity index (χ0n) is 19.6. The summed E-state index contributed by atoms with van der Waals surface area (Å²) in [6.45, 7) is 2.65. The molecule has 6 nitrogen and oxygen atoms in total. The number of halogens is 1. The maximum atomic E-state index is 13.2. The van der Waals surface area contributed by atoms with Crippen LogP contribution in [-0.4, -0.2) is 24.8 Å². The Labute approximate surface area is 216 Å². The van der Waals surface area contributed by atoms with Gasteiger partial charge in [0.25, 0.3) is 0 Å². The van der Waals surface area contributed by atoms with Crippen molar-refractivity contribution in [3.05, 3.63) is 101 Å². The fourth-order valence-corrected chi connectivity index (χ4v) is 4.97. The van der Waals surface area contributed by atoms with Gasteiger partial charge in [0.15, 0.2) is 0 Å². The monoisotopic (exact) mass is 517 g/mol. The molecule has 0 N–H and O–H groups in total. The van der Waals surface area contributed by atoms with Gasteiger partial charge in [-0.05, 0) is 55.0 Å². The van der Waals surface area contributed by atoms with Crippen molar-refractivity contribution in [2.24, 2.45) is 0 Å². The third-order valence-corrected chi connectivity index (χ3v) is 7.44. The summed E-state index contributed by atoms with van der Waals surface area (Å²) in [6, 6.07) is 24.5. The molecule has 0 fully saturated rings. The predicted octanol–water partition coefficient (Wildman–Crippen LogP) is 6.71. The topological polar surface area (TPSA) is 85.0 Å². The third kappa shape index (κ3) is 5.51. The largest absolute Gasteiger partial charge is 0.492 e. The third-order valence-electron chi connectivity index (χ3n) is 5.46. The predicted molar refractivity (Wildman–Crippen MR) is 142 cm³/mol. The first-order chi connectivity index (χ1) is 17.4. The van der Waals surface area contributed by atoms with Crippen LogP contribution in [0.15, 0.2) is 94.9 Å². The summed E-state index contributed by atoms with van der Waals surface area (Å²) in [6.07, 6.45) is 4.97. The van der Waals surface area contributed by atoms with Gasteiger partial charge in [0.2, 0.25) is 9.84 Å². The van der Waals surface area contributed by atoms with Crippen LogP contribution in [0.2, 0.25) is 5.02 Å². The Kier molecular flexibility index (Phi) is 7.89. The van der Waals surface area contributed by atoms with E-state index in [1.807, 2.05) is 42.5 Å². The molecule has 0 unspecified atom stereocenters. The molecule has 0 radical (unpaired) electrons. The van der Waals surface area contributed by atoms with Crippen LogP contribution in [0.1, 0.15) is 25.3 Å². The fourth-order valence-electron chi connectivity index (χ4n) is 3.56. The number of rotatable bonds is 9. The number of hydrogen-bond acceptors (Lipinski definition) is 5. The van der Waals surface area contributed by atoms with Crippen LogP contribution in [-0.2, 0) is 9.84 Å².